The monoisotopic (exact) mass is 293 g/mol. The Hall–Kier alpha value is -1.60. The highest BCUT2D eigenvalue weighted by Gasteiger charge is 2.18. The maximum atomic E-state index is 12.5. The maximum Gasteiger partial charge on any atom is 0.254 e. The third-order valence-electron chi connectivity index (χ3n) is 3.04. The largest absolute Gasteiger partial charge is 0.338 e. The van der Waals surface area contributed by atoms with E-state index in [1.54, 1.807) is 24.0 Å². The number of rotatable bonds is 5. The van der Waals surface area contributed by atoms with E-state index in [4.69, 9.17) is 16.9 Å². The number of nitrogens with zero attached hydrogens (tertiary/aromatic N) is 3. The molecule has 0 fully saturated rings. The number of amides is 1. The van der Waals surface area contributed by atoms with Gasteiger partial charge in [0.25, 0.3) is 5.91 Å². The van der Waals surface area contributed by atoms with Crippen molar-refractivity contribution in [3.63, 3.8) is 0 Å². The van der Waals surface area contributed by atoms with E-state index in [1.165, 1.54) is 0 Å². The van der Waals surface area contributed by atoms with Gasteiger partial charge >= 0.3 is 0 Å². The van der Waals surface area contributed by atoms with Gasteiger partial charge in [-0.25, -0.2) is 4.98 Å². The maximum absolute atomic E-state index is 12.5. The van der Waals surface area contributed by atoms with E-state index in [-0.39, 0.29) is 17.7 Å². The highest BCUT2D eigenvalue weighted by atomic mass is 35.5. The SMILES string of the molecule is CCN(CC(C)C#N)C(=O)c1cc(Cl)nc(C(C)C)c1. The van der Waals surface area contributed by atoms with Crippen LogP contribution in [0.15, 0.2) is 12.1 Å². The van der Waals surface area contributed by atoms with Crippen LogP contribution in [0.3, 0.4) is 0 Å². The number of nitriles is 1. The minimum Gasteiger partial charge on any atom is -0.338 e. The molecule has 0 saturated heterocycles. The van der Waals surface area contributed by atoms with Crippen molar-refractivity contribution in [3.05, 3.63) is 28.5 Å². The third-order valence-corrected chi connectivity index (χ3v) is 3.23. The predicted molar refractivity (Wildman–Crippen MR) is 79.7 cm³/mol. The van der Waals surface area contributed by atoms with Crippen LogP contribution in [0, 0.1) is 17.2 Å². The molecule has 108 valence electrons. The Morgan fingerprint density at radius 2 is 2.10 bits per heavy atom. The topological polar surface area (TPSA) is 57.0 Å². The van der Waals surface area contributed by atoms with Gasteiger partial charge < -0.3 is 4.90 Å². The summed E-state index contributed by atoms with van der Waals surface area (Å²) in [6, 6.07) is 5.50. The fourth-order valence-electron chi connectivity index (χ4n) is 1.85. The number of hydrogen-bond acceptors (Lipinski definition) is 3. The summed E-state index contributed by atoms with van der Waals surface area (Å²) in [5.74, 6) is -0.102. The van der Waals surface area contributed by atoms with Crippen molar-refractivity contribution in [2.45, 2.75) is 33.6 Å². The summed E-state index contributed by atoms with van der Waals surface area (Å²) < 4.78 is 0. The average molecular weight is 294 g/mol. The molecule has 1 amide bonds. The first kappa shape index (κ1) is 16.5. The highest BCUT2D eigenvalue weighted by molar-refractivity contribution is 6.29. The summed E-state index contributed by atoms with van der Waals surface area (Å²) in [4.78, 5) is 18.4. The number of pyridine rings is 1. The van der Waals surface area contributed by atoms with Crippen LogP contribution in [0.2, 0.25) is 5.15 Å². The molecule has 0 aliphatic carbocycles. The molecule has 0 aliphatic rings. The van der Waals surface area contributed by atoms with Gasteiger partial charge in [0.2, 0.25) is 0 Å². The molecule has 0 aromatic carbocycles. The molecule has 20 heavy (non-hydrogen) atoms. The molecule has 1 rings (SSSR count). The Kier molecular flexibility index (Phi) is 5.97. The Bertz CT molecular complexity index is 522. The van der Waals surface area contributed by atoms with Crippen LogP contribution in [0.4, 0.5) is 0 Å². The summed E-state index contributed by atoms with van der Waals surface area (Å²) in [6.45, 7) is 8.68. The normalized spacial score (nSPS) is 12.1. The van der Waals surface area contributed by atoms with Gasteiger partial charge in [-0.15, -0.1) is 0 Å². The molecule has 1 heterocycles. The van der Waals surface area contributed by atoms with Crippen LogP contribution in [-0.2, 0) is 0 Å². The molecular formula is C15H20ClN3O. The van der Waals surface area contributed by atoms with E-state index in [0.717, 1.165) is 5.69 Å². The second kappa shape index (κ2) is 7.25. The first-order chi connectivity index (χ1) is 9.38. The van der Waals surface area contributed by atoms with Crippen LogP contribution in [0.1, 0.15) is 49.7 Å². The van der Waals surface area contributed by atoms with Crippen molar-refractivity contribution in [2.75, 3.05) is 13.1 Å². The predicted octanol–water partition coefficient (Wildman–Crippen LogP) is 3.48. The van der Waals surface area contributed by atoms with Crippen molar-refractivity contribution < 1.29 is 4.79 Å². The number of carbonyl (C=O) groups excluding carboxylic acids is 1. The fraction of sp³-hybridized carbons (Fsp3) is 0.533. The van der Waals surface area contributed by atoms with Gasteiger partial charge in [-0.1, -0.05) is 25.4 Å². The van der Waals surface area contributed by atoms with Gasteiger partial charge in [0.05, 0.1) is 12.0 Å². The van der Waals surface area contributed by atoms with Gasteiger partial charge in [-0.05, 0) is 31.9 Å². The lowest BCUT2D eigenvalue weighted by molar-refractivity contribution is 0.0752. The Morgan fingerprint density at radius 3 is 2.60 bits per heavy atom. The molecule has 0 bridgehead atoms. The van der Waals surface area contributed by atoms with Gasteiger partial charge in [-0.2, -0.15) is 5.26 Å². The molecule has 0 aliphatic heterocycles. The zero-order chi connectivity index (χ0) is 15.3. The standard InChI is InChI=1S/C15H20ClN3O/c1-5-19(9-11(4)8-17)15(20)12-6-13(10(2)3)18-14(16)7-12/h6-7,10-11H,5,9H2,1-4H3. The van der Waals surface area contributed by atoms with E-state index in [1.807, 2.05) is 20.8 Å². The summed E-state index contributed by atoms with van der Waals surface area (Å²) in [6.07, 6.45) is 0. The van der Waals surface area contributed by atoms with Crippen LogP contribution >= 0.6 is 11.6 Å². The van der Waals surface area contributed by atoms with Crippen molar-refractivity contribution in [3.8, 4) is 6.07 Å². The molecule has 1 aromatic rings. The van der Waals surface area contributed by atoms with Gasteiger partial charge in [-0.3, -0.25) is 4.79 Å². The lowest BCUT2D eigenvalue weighted by Gasteiger charge is -2.22. The summed E-state index contributed by atoms with van der Waals surface area (Å²) >= 11 is 5.98. The molecule has 1 aromatic heterocycles. The van der Waals surface area contributed by atoms with E-state index in [9.17, 15) is 4.79 Å². The first-order valence-corrected chi connectivity index (χ1v) is 7.13. The number of halogens is 1. The van der Waals surface area contributed by atoms with Crippen molar-refractivity contribution in [1.29, 1.82) is 5.26 Å². The van der Waals surface area contributed by atoms with E-state index < -0.39 is 0 Å². The smallest absolute Gasteiger partial charge is 0.254 e. The minimum absolute atomic E-state index is 0.110. The molecule has 0 saturated carbocycles. The van der Waals surface area contributed by atoms with Gasteiger partial charge in [0.1, 0.15) is 5.15 Å². The van der Waals surface area contributed by atoms with E-state index >= 15 is 0 Å². The second-order valence-corrected chi connectivity index (χ2v) is 5.52. The van der Waals surface area contributed by atoms with E-state index in [0.29, 0.717) is 23.8 Å². The van der Waals surface area contributed by atoms with Crippen molar-refractivity contribution in [1.82, 2.24) is 9.88 Å². The molecular weight excluding hydrogens is 274 g/mol. The third kappa shape index (κ3) is 4.21. The summed E-state index contributed by atoms with van der Waals surface area (Å²) in [5.41, 5.74) is 1.32. The van der Waals surface area contributed by atoms with Gasteiger partial charge in [0.15, 0.2) is 0 Å². The first-order valence-electron chi connectivity index (χ1n) is 6.75. The lowest BCUT2D eigenvalue weighted by atomic mass is 10.1. The number of hydrogen-bond donors (Lipinski definition) is 0. The molecule has 1 unspecified atom stereocenters. The quantitative estimate of drug-likeness (QED) is 0.781. The molecule has 0 spiro atoms. The summed E-state index contributed by atoms with van der Waals surface area (Å²) in [5, 5.41) is 9.20. The van der Waals surface area contributed by atoms with Crippen molar-refractivity contribution >= 4 is 17.5 Å². The molecule has 0 radical (unpaired) electrons. The zero-order valence-corrected chi connectivity index (χ0v) is 13.1. The van der Waals surface area contributed by atoms with E-state index in [2.05, 4.69) is 11.1 Å². The fourth-order valence-corrected chi connectivity index (χ4v) is 2.06. The average Bonchev–Trinajstić information content (AvgIpc) is 2.42. The lowest BCUT2D eigenvalue weighted by Crippen LogP contribution is -2.34. The second-order valence-electron chi connectivity index (χ2n) is 5.13. The zero-order valence-electron chi connectivity index (χ0n) is 12.4. The van der Waals surface area contributed by atoms with Crippen LogP contribution in [0.25, 0.3) is 0 Å². The molecule has 0 N–H and O–H groups in total. The minimum atomic E-state index is -0.194. The Labute approximate surface area is 125 Å². The van der Waals surface area contributed by atoms with Crippen LogP contribution < -0.4 is 0 Å². The number of carbonyl (C=O) groups is 1. The van der Waals surface area contributed by atoms with Crippen molar-refractivity contribution in [2.24, 2.45) is 5.92 Å². The van der Waals surface area contributed by atoms with Gasteiger partial charge in [0, 0.05) is 24.3 Å². The van der Waals surface area contributed by atoms with Crippen LogP contribution in [-0.4, -0.2) is 28.9 Å². The Morgan fingerprint density at radius 1 is 1.45 bits per heavy atom. The highest BCUT2D eigenvalue weighted by Crippen LogP contribution is 2.19. The van der Waals surface area contributed by atoms with Crippen LogP contribution in [0.5, 0.6) is 0 Å². The molecule has 1 atom stereocenters. The Balaban J connectivity index is 3.03. The summed E-state index contributed by atoms with van der Waals surface area (Å²) in [7, 11) is 0. The molecule has 5 heteroatoms. The molecule has 4 nitrogen and oxygen atoms in total. The number of aromatic nitrogens is 1.